The fourth-order valence-corrected chi connectivity index (χ4v) is 3.32. The molecule has 2 aromatic carbocycles. The molecule has 2 aliphatic carbocycles. The van der Waals surface area contributed by atoms with Crippen LogP contribution in [-0.2, 0) is 40.6 Å². The van der Waals surface area contributed by atoms with E-state index < -0.39 is 0 Å². The monoisotopic (exact) mass is 620 g/mol. The summed E-state index contributed by atoms with van der Waals surface area (Å²) in [6.07, 6.45) is 15.0. The molecule has 0 saturated carbocycles. The number of hydrogen-bond acceptors (Lipinski definition) is 0. The zero-order chi connectivity index (χ0) is 26.4. The Morgan fingerprint density at radius 1 is 0.806 bits per heavy atom. The van der Waals surface area contributed by atoms with E-state index in [-0.39, 0.29) is 35.6 Å². The third kappa shape index (κ3) is 13.9. The summed E-state index contributed by atoms with van der Waals surface area (Å²) in [6, 6.07) is 15.1. The Bertz CT molecular complexity index is 845. The summed E-state index contributed by atoms with van der Waals surface area (Å²) in [6.45, 7) is 23.6. The second-order valence-electron chi connectivity index (χ2n) is 10.5. The van der Waals surface area contributed by atoms with Crippen LogP contribution in [0.3, 0.4) is 0 Å². The standard InChI is InChI=1S/C21H25.C5H5.2C3H7.2ClH.H2Si.Zr/c1-20(2,3)16-9-7-14-11-15-8-10-17(21(4,5)6)13-19(15)18(14)12-16;1-2-4-5-3-1;2*1-3-2;;;;/h7,9-10,12-13H,11H2,1-6H3;1-3H,4H2;2*3H,1-2H3;2*1H;1H2;/q4*-1;;;;. The third-order valence-corrected chi connectivity index (χ3v) is 5.11. The zero-order valence-corrected chi connectivity index (χ0v) is 29.7. The minimum absolute atomic E-state index is 0. The quantitative estimate of drug-likeness (QED) is 0.173. The van der Waals surface area contributed by atoms with Gasteiger partial charge < -0.3 is 12.8 Å². The maximum absolute atomic E-state index is 3.53. The molecule has 2 aliphatic rings. The van der Waals surface area contributed by atoms with Crippen molar-refractivity contribution in [2.24, 2.45) is 0 Å². The van der Waals surface area contributed by atoms with Gasteiger partial charge in [-0.05, 0) is 17.4 Å². The van der Waals surface area contributed by atoms with Gasteiger partial charge in [-0.25, -0.2) is 12.2 Å². The van der Waals surface area contributed by atoms with Crippen LogP contribution < -0.4 is 0 Å². The normalized spacial score (nSPS) is 11.7. The van der Waals surface area contributed by atoms with E-state index in [1.54, 1.807) is 23.3 Å². The molecule has 0 atom stereocenters. The Morgan fingerprint density at radius 2 is 1.31 bits per heavy atom. The van der Waals surface area contributed by atoms with Crippen molar-refractivity contribution in [3.8, 4) is 11.1 Å². The fourth-order valence-electron chi connectivity index (χ4n) is 3.32. The Balaban J connectivity index is -0.000000609. The average molecular weight is 623 g/mol. The van der Waals surface area contributed by atoms with Crippen molar-refractivity contribution in [2.45, 2.75) is 92.9 Å². The first-order chi connectivity index (χ1) is 16.0. The molecule has 36 heavy (non-hydrogen) atoms. The molecule has 0 bridgehead atoms. The van der Waals surface area contributed by atoms with Gasteiger partial charge in [-0.2, -0.15) is 63.1 Å². The van der Waals surface area contributed by atoms with E-state index in [4.69, 9.17) is 0 Å². The molecule has 0 heterocycles. The first-order valence-electron chi connectivity index (χ1n) is 12.2. The summed E-state index contributed by atoms with van der Waals surface area (Å²) in [5, 5.41) is 0. The summed E-state index contributed by atoms with van der Waals surface area (Å²) in [7, 11) is 0. The number of hydrogen-bond donors (Lipinski definition) is 0. The van der Waals surface area contributed by atoms with Crippen molar-refractivity contribution >= 4 is 31.7 Å². The van der Waals surface area contributed by atoms with Crippen LogP contribution in [-0.4, -0.2) is 6.88 Å². The predicted molar refractivity (Wildman–Crippen MR) is 167 cm³/mol. The van der Waals surface area contributed by atoms with Crippen molar-refractivity contribution in [2.75, 3.05) is 0 Å². The van der Waals surface area contributed by atoms with E-state index >= 15 is 0 Å². The van der Waals surface area contributed by atoms with Gasteiger partial charge in [0, 0.05) is 0 Å². The van der Waals surface area contributed by atoms with Crippen LogP contribution in [0.4, 0.5) is 0 Å². The molecular formula is C32H48Cl2SiZr-4. The summed E-state index contributed by atoms with van der Waals surface area (Å²) < 4.78 is 0. The van der Waals surface area contributed by atoms with Gasteiger partial charge in [0.1, 0.15) is 0 Å². The van der Waals surface area contributed by atoms with Crippen LogP contribution in [0.15, 0.2) is 48.6 Å². The molecule has 0 radical (unpaired) electrons. The van der Waals surface area contributed by atoms with Crippen LogP contribution in [0, 0.1) is 25.0 Å². The van der Waals surface area contributed by atoms with Crippen LogP contribution >= 0.6 is 24.8 Å². The molecular weight excluding hydrogens is 575 g/mol. The van der Waals surface area contributed by atoms with E-state index in [9.17, 15) is 0 Å². The minimum atomic E-state index is 0. The number of fused-ring (bicyclic) bond motifs is 3. The Kier molecular flexibility index (Phi) is 22.9. The van der Waals surface area contributed by atoms with Crippen LogP contribution in [0.1, 0.15) is 97.9 Å². The first kappa shape index (κ1) is 40.1. The van der Waals surface area contributed by atoms with E-state index in [0.29, 0.717) is 0 Å². The summed E-state index contributed by atoms with van der Waals surface area (Å²) in [5.74, 6) is 0. The molecule has 0 N–H and O–H groups in total. The van der Waals surface area contributed by atoms with Crippen LogP contribution in [0.2, 0.25) is 0 Å². The topological polar surface area (TPSA) is 0 Å². The summed E-state index contributed by atoms with van der Waals surface area (Å²) in [4.78, 5) is 0. The zero-order valence-electron chi connectivity index (χ0n) is 24.2. The fraction of sp³-hybridized carbons (Fsp3) is 0.438. The van der Waals surface area contributed by atoms with Crippen molar-refractivity contribution < 1.29 is 23.3 Å². The van der Waals surface area contributed by atoms with Crippen molar-refractivity contribution in [3.63, 3.8) is 0 Å². The molecule has 4 rings (SSSR count). The van der Waals surface area contributed by atoms with Crippen molar-refractivity contribution in [1.82, 2.24) is 0 Å². The molecule has 0 unspecified atom stereocenters. The third-order valence-electron chi connectivity index (χ3n) is 5.11. The molecule has 0 saturated heterocycles. The molecule has 0 aromatic heterocycles. The van der Waals surface area contributed by atoms with E-state index in [2.05, 4.69) is 90.1 Å². The van der Waals surface area contributed by atoms with Gasteiger partial charge in [-0.3, -0.25) is 6.08 Å². The number of benzene rings is 2. The van der Waals surface area contributed by atoms with Gasteiger partial charge in [0.25, 0.3) is 0 Å². The second kappa shape index (κ2) is 20.5. The molecule has 0 fully saturated rings. The number of allylic oxidation sites excluding steroid dienone is 4. The van der Waals surface area contributed by atoms with Crippen LogP contribution in [0.5, 0.6) is 0 Å². The van der Waals surface area contributed by atoms with E-state index in [1.165, 1.54) is 33.4 Å². The molecule has 4 heteroatoms. The second-order valence-corrected chi connectivity index (χ2v) is 10.5. The first-order valence-corrected chi connectivity index (χ1v) is 18.2. The van der Waals surface area contributed by atoms with Gasteiger partial charge in [0.05, 0.1) is 0 Å². The molecule has 0 aliphatic heterocycles. The van der Waals surface area contributed by atoms with E-state index in [0.717, 1.165) is 12.8 Å². The molecule has 202 valence electrons. The number of rotatable bonds is 0. The average Bonchev–Trinajstić information content (AvgIpc) is 3.46. The van der Waals surface area contributed by atoms with Gasteiger partial charge in [-0.1, -0.05) is 76.3 Å². The summed E-state index contributed by atoms with van der Waals surface area (Å²) >= 11 is 1.58. The maximum atomic E-state index is 3.53. The van der Waals surface area contributed by atoms with Gasteiger partial charge in [0.2, 0.25) is 0 Å². The Labute approximate surface area is 253 Å². The number of halogens is 2. The Hall–Kier alpha value is -0.400. The molecule has 0 spiro atoms. The Morgan fingerprint density at radius 3 is 1.69 bits per heavy atom. The van der Waals surface area contributed by atoms with Crippen molar-refractivity contribution in [1.29, 1.82) is 0 Å². The summed E-state index contributed by atoms with van der Waals surface area (Å²) in [5.41, 5.74) is 8.76. The van der Waals surface area contributed by atoms with Gasteiger partial charge >= 0.3 is 30.2 Å². The molecule has 0 nitrogen and oxygen atoms in total. The van der Waals surface area contributed by atoms with E-state index in [1.807, 2.05) is 59.6 Å². The van der Waals surface area contributed by atoms with Crippen molar-refractivity contribution in [3.05, 3.63) is 95.8 Å². The van der Waals surface area contributed by atoms with Gasteiger partial charge in [-0.15, -0.1) is 36.8 Å². The predicted octanol–water partition coefficient (Wildman–Crippen LogP) is 9.34. The van der Waals surface area contributed by atoms with Gasteiger partial charge in [0.15, 0.2) is 0 Å². The molecule has 2 aromatic rings. The molecule has 0 amide bonds. The van der Waals surface area contributed by atoms with Crippen LogP contribution in [0.25, 0.3) is 11.1 Å². The SMILES string of the molecule is CC(C)(C)c1c[c-]c2c(c1)-c1cc(C(C)(C)C)ccc1C2.C[CH-]C.C[CH-]C.Cl.Cl.[C-]1=CC=CC1.[SiH2]=[Zr].